The molecule has 2 amide bonds. The van der Waals surface area contributed by atoms with Crippen LogP contribution in [-0.2, 0) is 22.4 Å². The summed E-state index contributed by atoms with van der Waals surface area (Å²) in [5, 5.41) is 3.89. The summed E-state index contributed by atoms with van der Waals surface area (Å²) >= 11 is 2.76. The molecule has 8 heteroatoms. The topological polar surface area (TPSA) is 84.0 Å². The van der Waals surface area contributed by atoms with Crippen LogP contribution in [0.1, 0.15) is 36.1 Å². The fraction of sp³-hybridized carbons (Fsp3) is 0.286. The van der Waals surface area contributed by atoms with Gasteiger partial charge in [0.2, 0.25) is 11.8 Å². The van der Waals surface area contributed by atoms with Gasteiger partial charge >= 0.3 is 0 Å². The third-order valence-corrected chi connectivity index (χ3v) is 7.87. The number of benzene rings is 2. The number of thioether (sulfide) groups is 2. The number of rotatable bonds is 8. The number of amides is 2. The Morgan fingerprint density at radius 1 is 0.694 bits per heavy atom. The maximum atomic E-state index is 12.4. The molecule has 0 fully saturated rings. The summed E-state index contributed by atoms with van der Waals surface area (Å²) in [6.07, 6.45) is 1.66. The van der Waals surface area contributed by atoms with Gasteiger partial charge in [-0.25, -0.2) is 9.97 Å². The lowest BCUT2D eigenvalue weighted by atomic mass is 10.1. The van der Waals surface area contributed by atoms with Gasteiger partial charge in [-0.05, 0) is 74.2 Å². The minimum atomic E-state index is -0.278. The van der Waals surface area contributed by atoms with E-state index in [9.17, 15) is 9.59 Å². The summed E-state index contributed by atoms with van der Waals surface area (Å²) in [6, 6.07) is 16.6. The average molecular weight is 519 g/mol. The number of hydrazine groups is 1. The number of aryl methyl sites for hydroxylation is 4. The highest BCUT2D eigenvalue weighted by Crippen LogP contribution is 2.27. The predicted molar refractivity (Wildman–Crippen MR) is 149 cm³/mol. The number of hydrogen-bond donors (Lipinski definition) is 2. The van der Waals surface area contributed by atoms with Gasteiger partial charge < -0.3 is 0 Å². The Bertz CT molecular complexity index is 1330. The van der Waals surface area contributed by atoms with Gasteiger partial charge in [0.1, 0.15) is 10.1 Å². The number of carbonyl (C=O) groups is 2. The lowest BCUT2D eigenvalue weighted by Gasteiger charge is -2.11. The van der Waals surface area contributed by atoms with Gasteiger partial charge in [0, 0.05) is 10.8 Å². The number of nitrogens with one attached hydrogen (secondary N) is 2. The molecule has 4 aromatic rings. The van der Waals surface area contributed by atoms with Crippen molar-refractivity contribution in [3.05, 3.63) is 70.8 Å². The summed E-state index contributed by atoms with van der Waals surface area (Å²) in [4.78, 5) is 34.3. The molecule has 0 saturated carbocycles. The third-order valence-electron chi connectivity index (χ3n) is 5.80. The van der Waals surface area contributed by atoms with Gasteiger partial charge in [-0.1, -0.05) is 60.6 Å². The van der Waals surface area contributed by atoms with Crippen LogP contribution in [0.3, 0.4) is 0 Å². The van der Waals surface area contributed by atoms with E-state index in [-0.39, 0.29) is 23.3 Å². The minimum Gasteiger partial charge on any atom is -0.272 e. The molecule has 0 bridgehead atoms. The Labute approximate surface area is 220 Å². The Hall–Kier alpha value is -3.10. The Kier molecular flexibility index (Phi) is 8.48. The number of fused-ring (bicyclic) bond motifs is 2. The van der Waals surface area contributed by atoms with Crippen LogP contribution in [0.25, 0.3) is 21.8 Å². The second-order valence-corrected chi connectivity index (χ2v) is 10.6. The molecule has 2 aromatic heterocycles. The third kappa shape index (κ3) is 6.36. The van der Waals surface area contributed by atoms with E-state index in [0.29, 0.717) is 0 Å². The summed E-state index contributed by atoms with van der Waals surface area (Å²) in [5.41, 5.74) is 11.5. The Balaban J connectivity index is 1.30. The zero-order valence-electron chi connectivity index (χ0n) is 21.0. The SMILES string of the molecule is CCc1cc2cc(C)ccc2nc1SCC(=O)NNC(=O)CSc1nc2ccc(C)cc2cc1CC. The van der Waals surface area contributed by atoms with Gasteiger partial charge in [-0.2, -0.15) is 0 Å². The van der Waals surface area contributed by atoms with Crippen LogP contribution in [-0.4, -0.2) is 33.3 Å². The molecule has 2 aromatic carbocycles. The van der Waals surface area contributed by atoms with Crippen LogP contribution in [0, 0.1) is 13.8 Å². The van der Waals surface area contributed by atoms with E-state index >= 15 is 0 Å². The van der Waals surface area contributed by atoms with Crippen molar-refractivity contribution in [3.63, 3.8) is 0 Å². The molecule has 2 heterocycles. The van der Waals surface area contributed by atoms with Crippen molar-refractivity contribution >= 4 is 57.1 Å². The van der Waals surface area contributed by atoms with Gasteiger partial charge in [0.05, 0.1) is 22.5 Å². The van der Waals surface area contributed by atoms with Gasteiger partial charge in [-0.3, -0.25) is 20.4 Å². The number of nitrogens with zero attached hydrogens (tertiary/aromatic N) is 2. The summed E-state index contributed by atoms with van der Waals surface area (Å²) in [6.45, 7) is 8.28. The summed E-state index contributed by atoms with van der Waals surface area (Å²) in [5.74, 6) is -0.230. The first kappa shape index (κ1) is 26.0. The monoisotopic (exact) mass is 518 g/mol. The molecule has 0 aliphatic rings. The first-order chi connectivity index (χ1) is 17.4. The molecule has 0 spiro atoms. The number of pyridine rings is 2. The van der Waals surface area contributed by atoms with E-state index in [1.54, 1.807) is 0 Å². The van der Waals surface area contributed by atoms with E-state index in [0.717, 1.165) is 55.8 Å². The number of aromatic nitrogens is 2. The van der Waals surface area contributed by atoms with Crippen LogP contribution in [0.15, 0.2) is 58.6 Å². The van der Waals surface area contributed by atoms with Gasteiger partial charge in [-0.15, -0.1) is 0 Å². The van der Waals surface area contributed by atoms with Crippen LogP contribution in [0.5, 0.6) is 0 Å². The van der Waals surface area contributed by atoms with Crippen molar-refractivity contribution in [2.75, 3.05) is 11.5 Å². The Morgan fingerprint density at radius 2 is 1.11 bits per heavy atom. The van der Waals surface area contributed by atoms with Crippen molar-refractivity contribution in [1.82, 2.24) is 20.8 Å². The molecule has 4 rings (SSSR count). The maximum Gasteiger partial charge on any atom is 0.248 e. The fourth-order valence-corrected chi connectivity index (χ4v) is 5.66. The van der Waals surface area contributed by atoms with Crippen molar-refractivity contribution in [2.45, 2.75) is 50.6 Å². The molecule has 6 nitrogen and oxygen atoms in total. The fourth-order valence-electron chi connectivity index (χ4n) is 3.88. The summed E-state index contributed by atoms with van der Waals surface area (Å²) < 4.78 is 0. The van der Waals surface area contributed by atoms with Gasteiger partial charge in [0.15, 0.2) is 0 Å². The molecule has 0 radical (unpaired) electrons. The van der Waals surface area contributed by atoms with Gasteiger partial charge in [0.25, 0.3) is 0 Å². The Morgan fingerprint density at radius 3 is 1.50 bits per heavy atom. The zero-order valence-corrected chi connectivity index (χ0v) is 22.6. The standard InChI is InChI=1S/C28H30N4O2S2/c1-5-19-13-21-11-17(3)7-9-23(21)29-27(19)35-15-25(33)31-32-26(34)16-36-28-20(6-2)14-22-12-18(4)8-10-24(22)30-28/h7-14H,5-6,15-16H2,1-4H3,(H,31,33)(H,32,34). The highest BCUT2D eigenvalue weighted by molar-refractivity contribution is 8.00. The molecule has 0 aliphatic heterocycles. The van der Waals surface area contributed by atoms with E-state index in [1.807, 2.05) is 24.3 Å². The van der Waals surface area contributed by atoms with Crippen molar-refractivity contribution < 1.29 is 9.59 Å². The highest BCUT2D eigenvalue weighted by atomic mass is 32.2. The van der Waals surface area contributed by atoms with E-state index in [4.69, 9.17) is 9.97 Å². The number of carbonyl (C=O) groups excluding carboxylic acids is 2. The average Bonchev–Trinajstić information content (AvgIpc) is 2.88. The second kappa shape index (κ2) is 11.8. The smallest absolute Gasteiger partial charge is 0.248 e. The van der Waals surface area contributed by atoms with E-state index in [1.165, 1.54) is 34.7 Å². The first-order valence-electron chi connectivity index (χ1n) is 12.0. The van der Waals surface area contributed by atoms with Crippen LogP contribution in [0.2, 0.25) is 0 Å². The van der Waals surface area contributed by atoms with Crippen molar-refractivity contribution in [3.8, 4) is 0 Å². The van der Waals surface area contributed by atoms with Crippen LogP contribution >= 0.6 is 23.5 Å². The van der Waals surface area contributed by atoms with Crippen molar-refractivity contribution in [1.29, 1.82) is 0 Å². The molecule has 2 N–H and O–H groups in total. The van der Waals surface area contributed by atoms with Crippen molar-refractivity contribution in [2.24, 2.45) is 0 Å². The zero-order chi connectivity index (χ0) is 25.7. The molecular formula is C28H30N4O2S2. The largest absolute Gasteiger partial charge is 0.272 e. The molecule has 0 unspecified atom stereocenters. The second-order valence-electron chi connectivity index (χ2n) is 8.68. The van der Waals surface area contributed by atoms with Crippen LogP contribution in [0.4, 0.5) is 0 Å². The maximum absolute atomic E-state index is 12.4. The molecule has 36 heavy (non-hydrogen) atoms. The lowest BCUT2D eigenvalue weighted by molar-refractivity contribution is -0.126. The molecule has 0 saturated heterocycles. The predicted octanol–water partition coefficient (Wildman–Crippen LogP) is 5.56. The first-order valence-corrected chi connectivity index (χ1v) is 14.0. The minimum absolute atomic E-state index is 0.163. The quantitative estimate of drug-likeness (QED) is 0.235. The molecule has 186 valence electrons. The molecular weight excluding hydrogens is 488 g/mol. The highest BCUT2D eigenvalue weighted by Gasteiger charge is 2.12. The van der Waals surface area contributed by atoms with E-state index < -0.39 is 0 Å². The normalized spacial score (nSPS) is 11.1. The van der Waals surface area contributed by atoms with E-state index in [2.05, 4.69) is 62.8 Å². The molecule has 0 atom stereocenters. The lowest BCUT2D eigenvalue weighted by Crippen LogP contribution is -2.43. The molecule has 0 aliphatic carbocycles. The number of hydrogen-bond acceptors (Lipinski definition) is 6. The summed E-state index contributed by atoms with van der Waals surface area (Å²) in [7, 11) is 0. The van der Waals surface area contributed by atoms with Crippen LogP contribution < -0.4 is 10.9 Å².